The monoisotopic (exact) mass is 403 g/mol. The quantitative estimate of drug-likeness (QED) is 0.762. The first-order chi connectivity index (χ1) is 11.7. The normalized spacial score (nSPS) is 19.1. The lowest BCUT2D eigenvalue weighted by molar-refractivity contribution is 0.0583. The van der Waals surface area contributed by atoms with Crippen LogP contribution in [-0.4, -0.2) is 44.4 Å². The zero-order valence-electron chi connectivity index (χ0n) is 15.6. The van der Waals surface area contributed by atoms with Crippen LogP contribution in [0.2, 0.25) is 0 Å². The van der Waals surface area contributed by atoms with Crippen LogP contribution in [0, 0.1) is 5.92 Å². The Bertz CT molecular complexity index is 690. The second-order valence-corrected chi connectivity index (χ2v) is 8.96. The van der Waals surface area contributed by atoms with Gasteiger partial charge in [-0.25, -0.2) is 13.1 Å². The van der Waals surface area contributed by atoms with Gasteiger partial charge in [0.15, 0.2) is 0 Å². The number of carbonyl (C=O) groups excluding carboxylic acids is 1. The van der Waals surface area contributed by atoms with Crippen molar-refractivity contribution >= 4 is 28.3 Å². The molecule has 0 spiro atoms. The average Bonchev–Trinajstić information content (AvgIpc) is 2.59. The van der Waals surface area contributed by atoms with Crippen molar-refractivity contribution in [1.82, 2.24) is 9.62 Å². The van der Waals surface area contributed by atoms with E-state index in [9.17, 15) is 13.2 Å². The Morgan fingerprint density at radius 2 is 1.85 bits per heavy atom. The van der Waals surface area contributed by atoms with Crippen molar-refractivity contribution in [2.24, 2.45) is 11.7 Å². The van der Waals surface area contributed by atoms with Crippen molar-refractivity contribution in [2.75, 3.05) is 13.1 Å². The number of halogens is 1. The molecule has 26 heavy (non-hydrogen) atoms. The van der Waals surface area contributed by atoms with Crippen molar-refractivity contribution < 1.29 is 13.2 Å². The van der Waals surface area contributed by atoms with Crippen molar-refractivity contribution in [2.45, 2.75) is 57.0 Å². The summed E-state index contributed by atoms with van der Waals surface area (Å²) >= 11 is 0. The van der Waals surface area contributed by atoms with Crippen LogP contribution in [0.1, 0.15) is 50.4 Å². The number of amides is 1. The number of nitrogens with two attached hydrogens (primary N) is 1. The van der Waals surface area contributed by atoms with E-state index in [1.807, 2.05) is 25.7 Å². The standard InChI is InChI=1S/C18H29N3O3S.ClH/c1-13(2)12-20-25(23,24)16-9-7-15(8-10-16)18(22)21-11-5-4-6-17(21)14(3)19;/h7-10,13-14,17,20H,4-6,11-12,19H2,1-3H3;1H. The van der Waals surface area contributed by atoms with Crippen LogP contribution in [0.5, 0.6) is 0 Å². The van der Waals surface area contributed by atoms with E-state index in [-0.39, 0.29) is 41.2 Å². The van der Waals surface area contributed by atoms with Gasteiger partial charge in [-0.3, -0.25) is 4.79 Å². The predicted molar refractivity (Wildman–Crippen MR) is 106 cm³/mol. The molecule has 1 aromatic carbocycles. The zero-order chi connectivity index (χ0) is 18.6. The molecule has 1 heterocycles. The molecule has 3 N–H and O–H groups in total. The summed E-state index contributed by atoms with van der Waals surface area (Å²) in [5.41, 5.74) is 6.53. The van der Waals surface area contributed by atoms with Crippen molar-refractivity contribution in [3.63, 3.8) is 0 Å². The number of rotatable bonds is 6. The smallest absolute Gasteiger partial charge is 0.254 e. The van der Waals surface area contributed by atoms with Gasteiger partial charge in [0.1, 0.15) is 0 Å². The first-order valence-electron chi connectivity index (χ1n) is 8.88. The first-order valence-corrected chi connectivity index (χ1v) is 10.4. The number of carbonyl (C=O) groups is 1. The highest BCUT2D eigenvalue weighted by molar-refractivity contribution is 7.89. The summed E-state index contributed by atoms with van der Waals surface area (Å²) in [6, 6.07) is 6.10. The van der Waals surface area contributed by atoms with E-state index in [1.165, 1.54) is 12.1 Å². The molecule has 2 unspecified atom stereocenters. The summed E-state index contributed by atoms with van der Waals surface area (Å²) in [5, 5.41) is 0. The third kappa shape index (κ3) is 5.67. The van der Waals surface area contributed by atoms with E-state index < -0.39 is 10.0 Å². The number of nitrogens with one attached hydrogen (secondary N) is 1. The molecule has 2 rings (SSSR count). The molecule has 1 fully saturated rings. The lowest BCUT2D eigenvalue weighted by Crippen LogP contribution is -2.51. The van der Waals surface area contributed by atoms with Crippen LogP contribution >= 0.6 is 12.4 Å². The van der Waals surface area contributed by atoms with Gasteiger partial charge in [-0.05, 0) is 56.4 Å². The predicted octanol–water partition coefficient (Wildman–Crippen LogP) is 2.38. The molecule has 1 aliphatic rings. The molecule has 8 heteroatoms. The first kappa shape index (κ1) is 22.9. The molecule has 148 valence electrons. The van der Waals surface area contributed by atoms with Gasteiger partial charge in [0, 0.05) is 30.7 Å². The summed E-state index contributed by atoms with van der Waals surface area (Å²) in [5.74, 6) is 0.144. The number of piperidine rings is 1. The minimum Gasteiger partial charge on any atom is -0.334 e. The number of sulfonamides is 1. The fraction of sp³-hybridized carbons (Fsp3) is 0.611. The van der Waals surface area contributed by atoms with Gasteiger partial charge >= 0.3 is 0 Å². The molecule has 2 atom stereocenters. The molecular formula is C18H30ClN3O3S. The van der Waals surface area contributed by atoms with Crippen LogP contribution in [0.25, 0.3) is 0 Å². The van der Waals surface area contributed by atoms with Gasteiger partial charge in [-0.15, -0.1) is 12.4 Å². The molecule has 0 aromatic heterocycles. The van der Waals surface area contributed by atoms with Crippen molar-refractivity contribution in [3.8, 4) is 0 Å². The van der Waals surface area contributed by atoms with E-state index in [0.29, 0.717) is 18.7 Å². The Balaban J connectivity index is 0.00000338. The van der Waals surface area contributed by atoms with E-state index in [0.717, 1.165) is 19.3 Å². The molecule has 0 bridgehead atoms. The third-order valence-electron chi connectivity index (χ3n) is 4.51. The van der Waals surface area contributed by atoms with E-state index >= 15 is 0 Å². The van der Waals surface area contributed by atoms with Crippen LogP contribution in [-0.2, 0) is 10.0 Å². The van der Waals surface area contributed by atoms with Crippen molar-refractivity contribution in [1.29, 1.82) is 0 Å². The SMILES string of the molecule is CC(C)CNS(=O)(=O)c1ccc(C(=O)N2CCCCC2C(C)N)cc1.Cl. The fourth-order valence-electron chi connectivity index (χ4n) is 3.06. The molecule has 1 aromatic rings. The van der Waals surface area contributed by atoms with Crippen LogP contribution < -0.4 is 10.5 Å². The van der Waals surface area contributed by atoms with Gasteiger partial charge in [0.25, 0.3) is 5.91 Å². The van der Waals surface area contributed by atoms with Gasteiger partial charge in [0.2, 0.25) is 10.0 Å². The molecule has 0 radical (unpaired) electrons. The number of hydrogen-bond acceptors (Lipinski definition) is 4. The fourth-order valence-corrected chi connectivity index (χ4v) is 4.27. The molecular weight excluding hydrogens is 374 g/mol. The Morgan fingerprint density at radius 3 is 2.38 bits per heavy atom. The van der Waals surface area contributed by atoms with E-state index in [2.05, 4.69) is 4.72 Å². The molecule has 1 saturated heterocycles. The Morgan fingerprint density at radius 1 is 1.23 bits per heavy atom. The maximum absolute atomic E-state index is 12.8. The second-order valence-electron chi connectivity index (χ2n) is 7.19. The Hall–Kier alpha value is -1.15. The number of nitrogens with zero attached hydrogens (tertiary/aromatic N) is 1. The average molecular weight is 404 g/mol. The van der Waals surface area contributed by atoms with E-state index in [1.54, 1.807) is 12.1 Å². The molecule has 0 saturated carbocycles. The van der Waals surface area contributed by atoms with Gasteiger partial charge < -0.3 is 10.6 Å². The molecule has 1 aliphatic heterocycles. The Labute approximate surface area is 163 Å². The zero-order valence-corrected chi connectivity index (χ0v) is 17.3. The highest BCUT2D eigenvalue weighted by Crippen LogP contribution is 2.22. The summed E-state index contributed by atoms with van der Waals surface area (Å²) in [4.78, 5) is 14.8. The van der Waals surface area contributed by atoms with Gasteiger partial charge in [-0.2, -0.15) is 0 Å². The van der Waals surface area contributed by atoms with Crippen LogP contribution in [0.3, 0.4) is 0 Å². The second kappa shape index (κ2) is 9.69. The van der Waals surface area contributed by atoms with Crippen LogP contribution in [0.4, 0.5) is 0 Å². The topological polar surface area (TPSA) is 92.5 Å². The Kier molecular flexibility index (Phi) is 8.53. The van der Waals surface area contributed by atoms with Gasteiger partial charge in [0.05, 0.1) is 4.90 Å². The minimum absolute atomic E-state index is 0. The minimum atomic E-state index is -3.54. The van der Waals surface area contributed by atoms with Crippen molar-refractivity contribution in [3.05, 3.63) is 29.8 Å². The largest absolute Gasteiger partial charge is 0.334 e. The number of benzene rings is 1. The third-order valence-corrected chi connectivity index (χ3v) is 5.95. The lowest BCUT2D eigenvalue weighted by Gasteiger charge is -2.38. The highest BCUT2D eigenvalue weighted by atomic mass is 35.5. The van der Waals surface area contributed by atoms with Crippen LogP contribution in [0.15, 0.2) is 29.2 Å². The summed E-state index contributed by atoms with van der Waals surface area (Å²) in [6.07, 6.45) is 2.96. The van der Waals surface area contributed by atoms with Gasteiger partial charge in [-0.1, -0.05) is 13.8 Å². The number of likely N-dealkylation sites (tertiary alicyclic amines) is 1. The summed E-state index contributed by atoms with van der Waals surface area (Å²) < 4.78 is 27.0. The number of hydrogen-bond donors (Lipinski definition) is 2. The van der Waals surface area contributed by atoms with E-state index in [4.69, 9.17) is 5.73 Å². The molecule has 1 amide bonds. The molecule has 0 aliphatic carbocycles. The lowest BCUT2D eigenvalue weighted by atomic mass is 9.96. The highest BCUT2D eigenvalue weighted by Gasteiger charge is 2.30. The molecule has 6 nitrogen and oxygen atoms in total. The maximum Gasteiger partial charge on any atom is 0.254 e. The summed E-state index contributed by atoms with van der Waals surface area (Å²) in [6.45, 7) is 6.88. The maximum atomic E-state index is 12.8. The summed E-state index contributed by atoms with van der Waals surface area (Å²) in [7, 11) is -3.54.